The van der Waals surface area contributed by atoms with Gasteiger partial charge in [0.25, 0.3) is 0 Å². The van der Waals surface area contributed by atoms with Crippen LogP contribution in [0.4, 0.5) is 0 Å². The highest BCUT2D eigenvalue weighted by atomic mass is 16.5. The summed E-state index contributed by atoms with van der Waals surface area (Å²) in [6, 6.07) is 17.1. The number of ether oxygens (including phenoxy) is 1. The normalized spacial score (nSPS) is 11.3. The fourth-order valence-corrected chi connectivity index (χ4v) is 3.13. The van der Waals surface area contributed by atoms with Gasteiger partial charge < -0.3 is 10.5 Å². The summed E-state index contributed by atoms with van der Waals surface area (Å²) in [5.74, 6) is 1.65. The quantitative estimate of drug-likeness (QED) is 0.687. The van der Waals surface area contributed by atoms with Gasteiger partial charge in [-0.05, 0) is 34.7 Å². The third-order valence-corrected chi connectivity index (χ3v) is 4.90. The summed E-state index contributed by atoms with van der Waals surface area (Å²) in [7, 11) is 1.71. The van der Waals surface area contributed by atoms with Gasteiger partial charge in [-0.2, -0.15) is 0 Å². The fourth-order valence-electron chi connectivity index (χ4n) is 3.13. The van der Waals surface area contributed by atoms with Crippen LogP contribution in [-0.4, -0.2) is 18.6 Å². The zero-order valence-electron chi connectivity index (χ0n) is 15.9. The summed E-state index contributed by atoms with van der Waals surface area (Å²) in [5, 5.41) is 0. The first kappa shape index (κ1) is 19.5. The fraction of sp³-hybridized carbons (Fsp3) is 0.455. The Kier molecular flexibility index (Phi) is 7.96. The molecule has 0 saturated heterocycles. The van der Waals surface area contributed by atoms with Crippen molar-refractivity contribution in [2.24, 2.45) is 11.7 Å². The molecular formula is C22H32N2O. The van der Waals surface area contributed by atoms with Gasteiger partial charge in [0.05, 0.1) is 7.11 Å². The molecule has 25 heavy (non-hydrogen) atoms. The van der Waals surface area contributed by atoms with E-state index in [0.717, 1.165) is 31.3 Å². The van der Waals surface area contributed by atoms with Crippen LogP contribution in [0.25, 0.3) is 0 Å². The molecule has 0 aromatic heterocycles. The average molecular weight is 341 g/mol. The number of nitrogens with two attached hydrogens (primary N) is 1. The minimum atomic E-state index is 0.601. The van der Waals surface area contributed by atoms with E-state index in [1.807, 2.05) is 12.1 Å². The second-order valence-electron chi connectivity index (χ2n) is 6.72. The van der Waals surface area contributed by atoms with Gasteiger partial charge in [0.15, 0.2) is 0 Å². The van der Waals surface area contributed by atoms with Crippen LogP contribution in [0.2, 0.25) is 0 Å². The van der Waals surface area contributed by atoms with Gasteiger partial charge in [0.1, 0.15) is 5.75 Å². The molecule has 0 bridgehead atoms. The Morgan fingerprint density at radius 3 is 1.76 bits per heavy atom. The molecule has 0 fully saturated rings. The van der Waals surface area contributed by atoms with Gasteiger partial charge in [-0.3, -0.25) is 4.90 Å². The highest BCUT2D eigenvalue weighted by molar-refractivity contribution is 5.27. The molecule has 0 aliphatic heterocycles. The summed E-state index contributed by atoms with van der Waals surface area (Å²) in [4.78, 5) is 2.55. The van der Waals surface area contributed by atoms with Crippen molar-refractivity contribution in [1.82, 2.24) is 4.90 Å². The molecule has 0 unspecified atom stereocenters. The maximum atomic E-state index is 5.71. The molecule has 0 heterocycles. The lowest BCUT2D eigenvalue weighted by Crippen LogP contribution is -2.28. The molecule has 0 saturated carbocycles. The van der Waals surface area contributed by atoms with Gasteiger partial charge in [0.2, 0.25) is 0 Å². The third-order valence-electron chi connectivity index (χ3n) is 4.90. The average Bonchev–Trinajstić information content (AvgIpc) is 2.67. The lowest BCUT2D eigenvalue weighted by atomic mass is 10.0. The maximum Gasteiger partial charge on any atom is 0.118 e. The van der Waals surface area contributed by atoms with E-state index in [1.165, 1.54) is 29.5 Å². The lowest BCUT2D eigenvalue weighted by molar-refractivity contribution is 0.208. The van der Waals surface area contributed by atoms with E-state index in [2.05, 4.69) is 55.1 Å². The van der Waals surface area contributed by atoms with Gasteiger partial charge in [0, 0.05) is 26.2 Å². The number of methoxy groups -OCH3 is 1. The minimum absolute atomic E-state index is 0.601. The van der Waals surface area contributed by atoms with Crippen molar-refractivity contribution in [1.29, 1.82) is 0 Å². The molecule has 2 aromatic rings. The lowest BCUT2D eigenvalue weighted by Gasteiger charge is -2.27. The van der Waals surface area contributed by atoms with Crippen LogP contribution in [0.5, 0.6) is 5.75 Å². The zero-order chi connectivity index (χ0) is 18.1. The first-order chi connectivity index (χ1) is 12.2. The molecule has 0 aliphatic rings. The van der Waals surface area contributed by atoms with E-state index >= 15 is 0 Å². The second-order valence-corrected chi connectivity index (χ2v) is 6.72. The summed E-state index contributed by atoms with van der Waals surface area (Å²) < 4.78 is 5.27. The van der Waals surface area contributed by atoms with Gasteiger partial charge >= 0.3 is 0 Å². The number of benzene rings is 2. The molecule has 0 amide bonds. The van der Waals surface area contributed by atoms with Crippen LogP contribution in [0.1, 0.15) is 43.4 Å². The maximum absolute atomic E-state index is 5.71. The molecule has 0 radical (unpaired) electrons. The van der Waals surface area contributed by atoms with Crippen molar-refractivity contribution in [3.05, 3.63) is 65.2 Å². The predicted molar refractivity (Wildman–Crippen MR) is 106 cm³/mol. The first-order valence-electron chi connectivity index (χ1n) is 9.31. The van der Waals surface area contributed by atoms with E-state index < -0.39 is 0 Å². The number of rotatable bonds is 10. The molecule has 3 heteroatoms. The molecule has 2 N–H and O–H groups in total. The highest BCUT2D eigenvalue weighted by Crippen LogP contribution is 2.18. The summed E-state index contributed by atoms with van der Waals surface area (Å²) in [6.07, 6.45) is 2.45. The molecule has 2 rings (SSSR count). The van der Waals surface area contributed by atoms with E-state index in [4.69, 9.17) is 10.5 Å². The van der Waals surface area contributed by atoms with Crippen LogP contribution in [0.15, 0.2) is 48.5 Å². The van der Waals surface area contributed by atoms with Crippen LogP contribution in [-0.2, 0) is 19.6 Å². The first-order valence-corrected chi connectivity index (χ1v) is 9.31. The summed E-state index contributed by atoms with van der Waals surface area (Å²) in [5.41, 5.74) is 9.56. The Labute approximate surface area is 152 Å². The van der Waals surface area contributed by atoms with E-state index in [1.54, 1.807) is 7.11 Å². The Morgan fingerprint density at radius 1 is 0.840 bits per heavy atom. The summed E-state index contributed by atoms with van der Waals surface area (Å²) >= 11 is 0. The molecule has 0 spiro atoms. The second kappa shape index (κ2) is 10.2. The molecule has 136 valence electrons. The molecule has 2 aromatic carbocycles. The van der Waals surface area contributed by atoms with Crippen molar-refractivity contribution in [2.75, 3.05) is 13.7 Å². The van der Waals surface area contributed by atoms with Crippen LogP contribution >= 0.6 is 0 Å². The smallest absolute Gasteiger partial charge is 0.118 e. The van der Waals surface area contributed by atoms with Gasteiger partial charge in [-0.1, -0.05) is 63.1 Å². The molecule has 0 atom stereocenters. The summed E-state index contributed by atoms with van der Waals surface area (Å²) in [6.45, 7) is 8.22. The molecular weight excluding hydrogens is 308 g/mol. The topological polar surface area (TPSA) is 38.5 Å². The predicted octanol–water partition coefficient (Wildman–Crippen LogP) is 4.59. The molecule has 0 aliphatic carbocycles. The SMILES string of the molecule is CCC(CC)CN(Cc1ccc(CN)cc1)Cc1ccc(OC)cc1. The van der Waals surface area contributed by atoms with Crippen LogP contribution in [0.3, 0.4) is 0 Å². The largest absolute Gasteiger partial charge is 0.497 e. The van der Waals surface area contributed by atoms with Gasteiger partial charge in [-0.25, -0.2) is 0 Å². The van der Waals surface area contributed by atoms with Crippen molar-refractivity contribution < 1.29 is 4.74 Å². The van der Waals surface area contributed by atoms with E-state index in [9.17, 15) is 0 Å². The standard InChI is InChI=1S/C22H32N2O/c1-4-18(5-2)15-24(16-20-8-6-19(14-23)7-9-20)17-21-10-12-22(25-3)13-11-21/h6-13,18H,4-5,14-17,23H2,1-3H3. The molecule has 3 nitrogen and oxygen atoms in total. The third kappa shape index (κ3) is 6.18. The van der Waals surface area contributed by atoms with Crippen molar-refractivity contribution in [3.8, 4) is 5.75 Å². The van der Waals surface area contributed by atoms with Crippen molar-refractivity contribution in [3.63, 3.8) is 0 Å². The number of nitrogens with zero attached hydrogens (tertiary/aromatic N) is 1. The zero-order valence-corrected chi connectivity index (χ0v) is 15.9. The van der Waals surface area contributed by atoms with Crippen LogP contribution < -0.4 is 10.5 Å². The Morgan fingerprint density at radius 2 is 1.32 bits per heavy atom. The minimum Gasteiger partial charge on any atom is -0.497 e. The van der Waals surface area contributed by atoms with Crippen molar-refractivity contribution in [2.45, 2.75) is 46.3 Å². The Balaban J connectivity index is 2.09. The van der Waals surface area contributed by atoms with Crippen LogP contribution in [0, 0.1) is 5.92 Å². The van der Waals surface area contributed by atoms with Crippen molar-refractivity contribution >= 4 is 0 Å². The Bertz CT molecular complexity index is 553. The Hall–Kier alpha value is -1.84. The monoisotopic (exact) mass is 340 g/mol. The van der Waals surface area contributed by atoms with E-state index in [0.29, 0.717) is 6.54 Å². The number of hydrogen-bond donors (Lipinski definition) is 1. The van der Waals surface area contributed by atoms with Gasteiger partial charge in [-0.15, -0.1) is 0 Å². The number of hydrogen-bond acceptors (Lipinski definition) is 3. The van der Waals surface area contributed by atoms with E-state index in [-0.39, 0.29) is 0 Å². The highest BCUT2D eigenvalue weighted by Gasteiger charge is 2.13.